The van der Waals surface area contributed by atoms with Crippen LogP contribution in [0.15, 0.2) is 48.5 Å². The van der Waals surface area contributed by atoms with Gasteiger partial charge in [-0.05, 0) is 38.4 Å². The maximum Gasteiger partial charge on any atom is 0.262 e. The number of methoxy groups -OCH3 is 1. The zero-order valence-corrected chi connectivity index (χ0v) is 16.1. The van der Waals surface area contributed by atoms with E-state index in [1.165, 1.54) is 0 Å². The van der Waals surface area contributed by atoms with Gasteiger partial charge in [-0.3, -0.25) is 9.69 Å². The molecular weight excluding hydrogens is 356 g/mol. The molecule has 1 unspecified atom stereocenters. The number of nitrogens with zero attached hydrogens (tertiary/aromatic N) is 4. The minimum atomic E-state index is -0.515. The highest BCUT2D eigenvalue weighted by Crippen LogP contribution is 2.37. The molecule has 28 heavy (non-hydrogen) atoms. The number of benzene rings is 1. The van der Waals surface area contributed by atoms with Crippen molar-refractivity contribution in [3.8, 4) is 5.88 Å². The van der Waals surface area contributed by atoms with Crippen LogP contribution in [0.25, 0.3) is 11.0 Å². The van der Waals surface area contributed by atoms with E-state index in [4.69, 9.17) is 9.47 Å². The lowest BCUT2D eigenvalue weighted by atomic mass is 10.1. The molecule has 1 aliphatic heterocycles. The molecular formula is C21H22N4O3. The Labute approximate surface area is 163 Å². The fraction of sp³-hybridized carbons (Fsp3) is 0.286. The van der Waals surface area contributed by atoms with Gasteiger partial charge in [0.15, 0.2) is 11.9 Å². The Morgan fingerprint density at radius 2 is 1.86 bits per heavy atom. The first kappa shape index (κ1) is 18.3. The van der Waals surface area contributed by atoms with Crippen molar-refractivity contribution in [2.75, 3.05) is 39.3 Å². The summed E-state index contributed by atoms with van der Waals surface area (Å²) in [6, 6.07) is 14.9. The molecule has 1 atom stereocenters. The van der Waals surface area contributed by atoms with Crippen molar-refractivity contribution in [3.05, 3.63) is 59.7 Å². The van der Waals surface area contributed by atoms with Crippen molar-refractivity contribution >= 4 is 22.8 Å². The Balaban J connectivity index is 1.73. The predicted molar refractivity (Wildman–Crippen MR) is 107 cm³/mol. The lowest BCUT2D eigenvalue weighted by molar-refractivity contribution is 0.0439. The molecule has 0 spiro atoms. The van der Waals surface area contributed by atoms with E-state index < -0.39 is 6.23 Å². The quantitative estimate of drug-likeness (QED) is 0.657. The van der Waals surface area contributed by atoms with Crippen LogP contribution >= 0.6 is 0 Å². The first-order valence-electron chi connectivity index (χ1n) is 9.09. The molecule has 0 aliphatic carbocycles. The minimum Gasteiger partial charge on any atom is -0.481 e. The third-order valence-electron chi connectivity index (χ3n) is 4.69. The van der Waals surface area contributed by atoms with Crippen LogP contribution < -0.4 is 9.64 Å². The normalized spacial score (nSPS) is 16.1. The van der Waals surface area contributed by atoms with E-state index >= 15 is 0 Å². The summed E-state index contributed by atoms with van der Waals surface area (Å²) in [4.78, 5) is 25.8. The highest BCUT2D eigenvalue weighted by Gasteiger charge is 2.39. The Kier molecular flexibility index (Phi) is 4.93. The Morgan fingerprint density at radius 1 is 1.07 bits per heavy atom. The number of ether oxygens (including phenoxy) is 2. The summed E-state index contributed by atoms with van der Waals surface area (Å²) in [6.07, 6.45) is -0.515. The number of carbonyl (C=O) groups excluding carboxylic acids is 1. The summed E-state index contributed by atoms with van der Waals surface area (Å²) in [5, 5.41) is 0.874. The molecule has 1 amide bonds. The van der Waals surface area contributed by atoms with Gasteiger partial charge < -0.3 is 14.4 Å². The topological polar surface area (TPSA) is 67.8 Å². The number of hydrogen-bond donors (Lipinski definition) is 0. The molecule has 0 fully saturated rings. The maximum absolute atomic E-state index is 13.1. The Bertz CT molecular complexity index is 1020. The second-order valence-corrected chi connectivity index (χ2v) is 6.86. The average molecular weight is 378 g/mol. The summed E-state index contributed by atoms with van der Waals surface area (Å²) in [5.74, 6) is 0.858. The minimum absolute atomic E-state index is 0.125. The fourth-order valence-electron chi connectivity index (χ4n) is 3.24. The molecule has 3 heterocycles. The fourth-order valence-corrected chi connectivity index (χ4v) is 3.24. The second-order valence-electron chi connectivity index (χ2n) is 6.86. The van der Waals surface area contributed by atoms with E-state index in [1.54, 1.807) is 18.1 Å². The highest BCUT2D eigenvalue weighted by atomic mass is 16.5. The third kappa shape index (κ3) is 3.30. The molecule has 1 aromatic carbocycles. The number of rotatable bonds is 6. The largest absolute Gasteiger partial charge is 0.481 e. The molecule has 0 radical (unpaired) electrons. The van der Waals surface area contributed by atoms with Gasteiger partial charge >= 0.3 is 0 Å². The summed E-state index contributed by atoms with van der Waals surface area (Å²) >= 11 is 0. The van der Waals surface area contributed by atoms with Crippen LogP contribution in [0.3, 0.4) is 0 Å². The monoisotopic (exact) mass is 378 g/mol. The van der Waals surface area contributed by atoms with Crippen LogP contribution in [0, 0.1) is 0 Å². The highest BCUT2D eigenvalue weighted by molar-refractivity contribution is 6.10. The molecule has 0 bridgehead atoms. The average Bonchev–Trinajstić information content (AvgIpc) is 2.99. The van der Waals surface area contributed by atoms with Crippen LogP contribution in [-0.2, 0) is 4.74 Å². The van der Waals surface area contributed by atoms with Crippen molar-refractivity contribution < 1.29 is 14.3 Å². The molecule has 0 saturated carbocycles. The summed E-state index contributed by atoms with van der Waals surface area (Å²) in [5.41, 5.74) is 2.01. The SMILES string of the molecule is COc1ccc2ccc(N3C(=O)c4ccccc4C3OCCN(C)C)nc2n1. The summed E-state index contributed by atoms with van der Waals surface area (Å²) < 4.78 is 11.3. The van der Waals surface area contributed by atoms with E-state index in [0.29, 0.717) is 29.5 Å². The van der Waals surface area contributed by atoms with Crippen molar-refractivity contribution in [1.29, 1.82) is 0 Å². The standard InChI is InChI=1S/C21H22N4O3/c1-24(2)12-13-28-21-16-7-5-4-6-15(16)20(26)25(21)17-10-8-14-9-11-18(27-3)23-19(14)22-17/h4-11,21H,12-13H2,1-3H3. The van der Waals surface area contributed by atoms with Crippen molar-refractivity contribution in [3.63, 3.8) is 0 Å². The first-order valence-corrected chi connectivity index (χ1v) is 9.09. The van der Waals surface area contributed by atoms with Crippen molar-refractivity contribution in [2.24, 2.45) is 0 Å². The second kappa shape index (κ2) is 7.53. The molecule has 7 nitrogen and oxygen atoms in total. The molecule has 1 aliphatic rings. The van der Waals surface area contributed by atoms with Gasteiger partial charge in [0.1, 0.15) is 5.82 Å². The van der Waals surface area contributed by atoms with Gasteiger partial charge in [-0.2, -0.15) is 4.98 Å². The third-order valence-corrected chi connectivity index (χ3v) is 4.69. The molecule has 144 valence electrons. The molecule has 0 saturated heterocycles. The predicted octanol–water partition coefficient (Wildman–Crippen LogP) is 2.88. The lowest BCUT2D eigenvalue weighted by Crippen LogP contribution is -2.31. The lowest BCUT2D eigenvalue weighted by Gasteiger charge is -2.25. The molecule has 2 aromatic heterocycles. The van der Waals surface area contributed by atoms with E-state index in [-0.39, 0.29) is 5.91 Å². The number of aromatic nitrogens is 2. The van der Waals surface area contributed by atoms with Gasteiger partial charge in [-0.1, -0.05) is 18.2 Å². The summed E-state index contributed by atoms with van der Waals surface area (Å²) in [7, 11) is 5.53. The number of hydrogen-bond acceptors (Lipinski definition) is 6. The van der Waals surface area contributed by atoms with Gasteiger partial charge in [0, 0.05) is 29.1 Å². The van der Waals surface area contributed by atoms with E-state index in [9.17, 15) is 4.79 Å². The van der Waals surface area contributed by atoms with Gasteiger partial charge in [-0.15, -0.1) is 0 Å². The summed E-state index contributed by atoms with van der Waals surface area (Å²) in [6.45, 7) is 1.25. The molecule has 3 aromatic rings. The van der Waals surface area contributed by atoms with Gasteiger partial charge in [-0.25, -0.2) is 4.98 Å². The number of anilines is 1. The van der Waals surface area contributed by atoms with E-state index in [1.807, 2.05) is 61.5 Å². The van der Waals surface area contributed by atoms with Crippen LogP contribution in [0.5, 0.6) is 5.88 Å². The van der Waals surface area contributed by atoms with Crippen molar-refractivity contribution in [2.45, 2.75) is 6.23 Å². The number of likely N-dealkylation sites (N-methyl/N-ethyl adjacent to an activating group) is 1. The van der Waals surface area contributed by atoms with Gasteiger partial charge in [0.2, 0.25) is 5.88 Å². The number of pyridine rings is 2. The number of fused-ring (bicyclic) bond motifs is 2. The van der Waals surface area contributed by atoms with Crippen LogP contribution in [0.4, 0.5) is 5.82 Å². The first-order chi connectivity index (χ1) is 13.6. The molecule has 7 heteroatoms. The van der Waals surface area contributed by atoms with Crippen LogP contribution in [-0.4, -0.2) is 55.1 Å². The molecule has 4 rings (SSSR count). The maximum atomic E-state index is 13.1. The van der Waals surface area contributed by atoms with Crippen LogP contribution in [0.1, 0.15) is 22.1 Å². The Morgan fingerprint density at radius 3 is 2.64 bits per heavy atom. The number of amides is 1. The van der Waals surface area contributed by atoms with Gasteiger partial charge in [0.25, 0.3) is 5.91 Å². The smallest absolute Gasteiger partial charge is 0.262 e. The van der Waals surface area contributed by atoms with Crippen molar-refractivity contribution in [1.82, 2.24) is 14.9 Å². The van der Waals surface area contributed by atoms with E-state index in [2.05, 4.69) is 9.97 Å². The Hall–Kier alpha value is -3.03. The van der Waals surface area contributed by atoms with E-state index in [0.717, 1.165) is 17.5 Å². The zero-order valence-electron chi connectivity index (χ0n) is 16.1. The molecule has 0 N–H and O–H groups in total. The van der Waals surface area contributed by atoms with Crippen LogP contribution in [0.2, 0.25) is 0 Å². The van der Waals surface area contributed by atoms with Gasteiger partial charge in [0.05, 0.1) is 13.7 Å². The number of carbonyl (C=O) groups is 1. The zero-order chi connectivity index (χ0) is 19.7.